The highest BCUT2D eigenvalue weighted by Crippen LogP contribution is 2.29. The van der Waals surface area contributed by atoms with E-state index >= 15 is 0 Å². The van der Waals surface area contributed by atoms with Crippen molar-refractivity contribution in [3.63, 3.8) is 0 Å². The lowest BCUT2D eigenvalue weighted by Gasteiger charge is -2.01. The topological polar surface area (TPSA) is 73.1 Å². The second kappa shape index (κ2) is 4.29. The predicted molar refractivity (Wildman–Crippen MR) is 62.5 cm³/mol. The minimum absolute atomic E-state index is 0.0417. The lowest BCUT2D eigenvalue weighted by molar-refractivity contribution is 0.425. The number of hydrogen-bond acceptors (Lipinski definition) is 5. The van der Waals surface area contributed by atoms with Gasteiger partial charge >= 0.3 is 0 Å². The molecule has 0 unspecified atom stereocenters. The normalized spacial score (nSPS) is 11.7. The lowest BCUT2D eigenvalue weighted by Crippen LogP contribution is -1.92. The highest BCUT2D eigenvalue weighted by molar-refractivity contribution is 8.13. The average molecular weight is 293 g/mol. The first-order chi connectivity index (χ1) is 7.88. The van der Waals surface area contributed by atoms with E-state index in [0.29, 0.717) is 11.4 Å². The fourth-order valence-electron chi connectivity index (χ4n) is 1.24. The van der Waals surface area contributed by atoms with Crippen molar-refractivity contribution in [2.75, 3.05) is 0 Å². The number of aryl methyl sites for hydroxylation is 1. The van der Waals surface area contributed by atoms with E-state index in [1.807, 2.05) is 0 Å². The van der Waals surface area contributed by atoms with Gasteiger partial charge in [-0.2, -0.15) is 4.98 Å². The molecule has 1 heterocycles. The van der Waals surface area contributed by atoms with E-state index in [1.165, 1.54) is 12.1 Å². The zero-order valence-electron chi connectivity index (χ0n) is 8.52. The van der Waals surface area contributed by atoms with Crippen LogP contribution in [0, 0.1) is 6.92 Å². The first-order valence-electron chi connectivity index (χ1n) is 4.43. The van der Waals surface area contributed by atoms with Gasteiger partial charge in [0.25, 0.3) is 14.9 Å². The van der Waals surface area contributed by atoms with Gasteiger partial charge in [0.15, 0.2) is 5.82 Å². The van der Waals surface area contributed by atoms with Crippen LogP contribution in [0.3, 0.4) is 0 Å². The Morgan fingerprint density at radius 2 is 2.06 bits per heavy atom. The van der Waals surface area contributed by atoms with Crippen LogP contribution >= 0.6 is 22.3 Å². The van der Waals surface area contributed by atoms with Crippen LogP contribution in [0.15, 0.2) is 27.6 Å². The molecule has 0 spiro atoms. The molecule has 1 aromatic carbocycles. The van der Waals surface area contributed by atoms with E-state index in [1.54, 1.807) is 13.0 Å². The third-order valence-electron chi connectivity index (χ3n) is 1.97. The predicted octanol–water partition coefficient (Wildman–Crippen LogP) is 2.63. The summed E-state index contributed by atoms with van der Waals surface area (Å²) >= 11 is 5.74. The molecule has 8 heteroatoms. The number of hydrogen-bond donors (Lipinski definition) is 0. The van der Waals surface area contributed by atoms with Crippen LogP contribution in [0.25, 0.3) is 11.5 Å². The molecule has 17 heavy (non-hydrogen) atoms. The molecule has 0 atom stereocenters. The van der Waals surface area contributed by atoms with Crippen LogP contribution in [0.5, 0.6) is 0 Å². The molecule has 0 radical (unpaired) electrons. The van der Waals surface area contributed by atoms with Crippen molar-refractivity contribution in [1.82, 2.24) is 10.1 Å². The Hall–Kier alpha value is -1.11. The molecule has 5 nitrogen and oxygen atoms in total. The van der Waals surface area contributed by atoms with Gasteiger partial charge in [0, 0.05) is 16.2 Å². The van der Waals surface area contributed by atoms with E-state index in [4.69, 9.17) is 26.8 Å². The maximum Gasteiger partial charge on any atom is 0.262 e. The van der Waals surface area contributed by atoms with Gasteiger partial charge in [0.05, 0.1) is 5.02 Å². The van der Waals surface area contributed by atoms with E-state index in [-0.39, 0.29) is 15.8 Å². The molecule has 0 aliphatic carbocycles. The van der Waals surface area contributed by atoms with Crippen LogP contribution in [0.1, 0.15) is 5.82 Å². The Bertz CT molecular complexity index is 667. The number of halogens is 2. The Balaban J connectivity index is 2.59. The molecule has 1 aromatic heterocycles. The highest BCUT2D eigenvalue weighted by Gasteiger charge is 2.17. The molecule has 0 saturated heterocycles. The van der Waals surface area contributed by atoms with Crippen molar-refractivity contribution in [2.24, 2.45) is 0 Å². The second-order valence-corrected chi connectivity index (χ2v) is 6.17. The number of aromatic nitrogens is 2. The van der Waals surface area contributed by atoms with Crippen molar-refractivity contribution in [3.05, 3.63) is 29.0 Å². The molecular weight excluding hydrogens is 287 g/mol. The molecule has 0 amide bonds. The number of rotatable bonds is 2. The third kappa shape index (κ3) is 2.59. The minimum atomic E-state index is -3.91. The summed E-state index contributed by atoms with van der Waals surface area (Å²) in [6.45, 7) is 1.65. The summed E-state index contributed by atoms with van der Waals surface area (Å²) in [5.74, 6) is 0.658. The van der Waals surface area contributed by atoms with Gasteiger partial charge in [0.2, 0.25) is 0 Å². The van der Waals surface area contributed by atoms with E-state index in [2.05, 4.69) is 10.1 Å². The van der Waals surface area contributed by atoms with Crippen LogP contribution in [0.4, 0.5) is 0 Å². The molecule has 0 fully saturated rings. The van der Waals surface area contributed by atoms with Gasteiger partial charge in [-0.05, 0) is 25.1 Å². The first-order valence-corrected chi connectivity index (χ1v) is 7.11. The number of nitrogens with zero attached hydrogens (tertiary/aromatic N) is 2. The SMILES string of the molecule is Cc1noc(-c2ccc(Cl)c(S(=O)(=O)Cl)c2)n1. The summed E-state index contributed by atoms with van der Waals surface area (Å²) < 4.78 is 27.4. The van der Waals surface area contributed by atoms with Crippen molar-refractivity contribution >= 4 is 31.3 Å². The molecule has 90 valence electrons. The summed E-state index contributed by atoms with van der Waals surface area (Å²) in [7, 11) is 1.34. The van der Waals surface area contributed by atoms with E-state index in [9.17, 15) is 8.42 Å². The van der Waals surface area contributed by atoms with Crippen molar-refractivity contribution in [2.45, 2.75) is 11.8 Å². The molecule has 0 N–H and O–H groups in total. The summed E-state index contributed by atoms with van der Waals surface area (Å²) in [5, 5.41) is 3.65. The van der Waals surface area contributed by atoms with Crippen molar-refractivity contribution in [3.8, 4) is 11.5 Å². The van der Waals surface area contributed by atoms with Gasteiger partial charge in [0.1, 0.15) is 4.90 Å². The average Bonchev–Trinajstić information content (AvgIpc) is 2.64. The van der Waals surface area contributed by atoms with Crippen LogP contribution in [-0.4, -0.2) is 18.6 Å². The molecular formula is C9H6Cl2N2O3S. The van der Waals surface area contributed by atoms with Crippen LogP contribution < -0.4 is 0 Å². The van der Waals surface area contributed by atoms with Gasteiger partial charge in [-0.3, -0.25) is 0 Å². The Labute approximate surface area is 107 Å². The van der Waals surface area contributed by atoms with Crippen LogP contribution in [0.2, 0.25) is 5.02 Å². The zero-order valence-corrected chi connectivity index (χ0v) is 10.8. The van der Waals surface area contributed by atoms with E-state index in [0.717, 1.165) is 0 Å². The minimum Gasteiger partial charge on any atom is -0.334 e. The quantitative estimate of drug-likeness (QED) is 0.796. The second-order valence-electron chi connectivity index (χ2n) is 3.23. The molecule has 0 aliphatic rings. The maximum absolute atomic E-state index is 11.3. The standard InChI is InChI=1S/C9H6Cl2N2O3S/c1-5-12-9(16-13-5)6-2-3-7(10)8(4-6)17(11,14)15/h2-4H,1H3. The Morgan fingerprint density at radius 1 is 1.35 bits per heavy atom. The summed E-state index contributed by atoms with van der Waals surface area (Å²) in [4.78, 5) is 3.79. The van der Waals surface area contributed by atoms with Crippen molar-refractivity contribution < 1.29 is 12.9 Å². The Kier molecular flexibility index (Phi) is 3.11. The molecule has 2 aromatic rings. The summed E-state index contributed by atoms with van der Waals surface area (Å²) in [6.07, 6.45) is 0. The molecule has 0 bridgehead atoms. The van der Waals surface area contributed by atoms with Gasteiger partial charge in [-0.15, -0.1) is 0 Å². The van der Waals surface area contributed by atoms with Crippen molar-refractivity contribution in [1.29, 1.82) is 0 Å². The Morgan fingerprint density at radius 3 is 2.59 bits per heavy atom. The summed E-state index contributed by atoms with van der Waals surface area (Å²) in [6, 6.07) is 4.27. The highest BCUT2D eigenvalue weighted by atomic mass is 35.7. The molecule has 0 aliphatic heterocycles. The molecule has 0 saturated carbocycles. The lowest BCUT2D eigenvalue weighted by atomic mass is 10.2. The largest absolute Gasteiger partial charge is 0.334 e. The summed E-state index contributed by atoms with van der Waals surface area (Å²) in [5.41, 5.74) is 0.439. The van der Waals surface area contributed by atoms with E-state index < -0.39 is 9.05 Å². The first kappa shape index (κ1) is 12.3. The molecule has 2 rings (SSSR count). The van der Waals surface area contributed by atoms with Gasteiger partial charge in [-0.1, -0.05) is 16.8 Å². The third-order valence-corrected chi connectivity index (χ3v) is 3.77. The smallest absolute Gasteiger partial charge is 0.262 e. The zero-order chi connectivity index (χ0) is 12.6. The van der Waals surface area contributed by atoms with Gasteiger partial charge in [-0.25, -0.2) is 8.42 Å². The van der Waals surface area contributed by atoms with Gasteiger partial charge < -0.3 is 4.52 Å². The fraction of sp³-hybridized carbons (Fsp3) is 0.111. The fourth-order valence-corrected chi connectivity index (χ4v) is 2.73. The number of benzene rings is 1. The van der Waals surface area contributed by atoms with Crippen LogP contribution in [-0.2, 0) is 9.05 Å². The maximum atomic E-state index is 11.3. The monoisotopic (exact) mass is 292 g/mol.